The van der Waals surface area contributed by atoms with Crippen LogP contribution in [0.1, 0.15) is 43.2 Å². The van der Waals surface area contributed by atoms with Crippen LogP contribution in [-0.4, -0.2) is 55.5 Å². The molecule has 3 atom stereocenters. The first kappa shape index (κ1) is 24.7. The van der Waals surface area contributed by atoms with Gasteiger partial charge in [0, 0.05) is 38.0 Å². The topological polar surface area (TPSA) is 114 Å². The number of fused-ring (bicyclic) bond motifs is 3. The Morgan fingerprint density at radius 1 is 1.06 bits per heavy atom. The third-order valence-corrected chi connectivity index (χ3v) is 6.78. The summed E-state index contributed by atoms with van der Waals surface area (Å²) >= 11 is 0. The third kappa shape index (κ3) is 6.00. The Kier molecular flexibility index (Phi) is 8.02. The molecule has 8 heteroatoms. The zero-order valence-electron chi connectivity index (χ0n) is 19.9. The maximum Gasteiger partial charge on any atom is 0.407 e. The number of carbonyl (C=O) groups is 3. The van der Waals surface area contributed by atoms with Crippen LogP contribution in [0.5, 0.6) is 0 Å². The van der Waals surface area contributed by atoms with Gasteiger partial charge in [0.2, 0.25) is 5.91 Å². The number of ether oxygens (including phenoxy) is 2. The lowest BCUT2D eigenvalue weighted by Crippen LogP contribution is -2.42. The Labute approximate surface area is 205 Å². The van der Waals surface area contributed by atoms with Crippen molar-refractivity contribution in [3.63, 3.8) is 0 Å². The van der Waals surface area contributed by atoms with Crippen molar-refractivity contribution in [2.75, 3.05) is 26.3 Å². The summed E-state index contributed by atoms with van der Waals surface area (Å²) in [6, 6.07) is 16.3. The summed E-state index contributed by atoms with van der Waals surface area (Å²) in [5.41, 5.74) is 4.65. The molecular formula is C27H32N2O6. The smallest absolute Gasteiger partial charge is 0.407 e. The SMILES string of the molecule is CC(CCNC(=O)[C@H]1OCC[C@H]1CNC(=O)OCC1c2ccccc2-c2ccccc21)CC(=O)O. The molecule has 186 valence electrons. The summed E-state index contributed by atoms with van der Waals surface area (Å²) in [7, 11) is 0. The summed E-state index contributed by atoms with van der Waals surface area (Å²) in [5, 5.41) is 14.5. The van der Waals surface area contributed by atoms with Crippen LogP contribution in [0, 0.1) is 11.8 Å². The highest BCUT2D eigenvalue weighted by Gasteiger charge is 2.34. The standard InChI is InChI=1S/C27H32N2O6/c1-17(14-24(30)31)10-12-28-26(32)25-18(11-13-34-25)15-29-27(33)35-16-23-21-8-4-2-6-19(21)20-7-3-5-9-22(20)23/h2-9,17-18,23,25H,10-16H2,1H3,(H,28,32)(H,29,33)(H,30,31)/t17?,18-,25-/m0/s1. The number of rotatable bonds is 10. The van der Waals surface area contributed by atoms with Gasteiger partial charge in [0.1, 0.15) is 12.7 Å². The molecule has 2 aliphatic rings. The molecule has 1 aliphatic carbocycles. The van der Waals surface area contributed by atoms with E-state index in [2.05, 4.69) is 34.9 Å². The summed E-state index contributed by atoms with van der Waals surface area (Å²) in [6.45, 7) is 3.20. The van der Waals surface area contributed by atoms with Crippen LogP contribution < -0.4 is 10.6 Å². The average Bonchev–Trinajstić information content (AvgIpc) is 3.44. The van der Waals surface area contributed by atoms with Crippen LogP contribution in [0.4, 0.5) is 4.79 Å². The summed E-state index contributed by atoms with van der Waals surface area (Å²) in [5.74, 6) is -1.26. The van der Waals surface area contributed by atoms with Gasteiger partial charge in [-0.2, -0.15) is 0 Å². The molecule has 0 spiro atoms. The predicted octanol–water partition coefficient (Wildman–Crippen LogP) is 3.55. The van der Waals surface area contributed by atoms with E-state index in [4.69, 9.17) is 14.6 Å². The van der Waals surface area contributed by atoms with Crippen molar-refractivity contribution in [2.24, 2.45) is 11.8 Å². The molecule has 0 radical (unpaired) electrons. The molecule has 2 aromatic carbocycles. The molecule has 2 amide bonds. The second-order valence-electron chi connectivity index (χ2n) is 9.33. The van der Waals surface area contributed by atoms with Gasteiger partial charge >= 0.3 is 12.1 Å². The number of carboxylic acid groups (broad SMARTS) is 1. The Bertz CT molecular complexity index is 1030. The van der Waals surface area contributed by atoms with Crippen molar-refractivity contribution in [3.05, 3.63) is 59.7 Å². The molecule has 2 aromatic rings. The molecule has 1 fully saturated rings. The second kappa shape index (κ2) is 11.4. The molecule has 1 aliphatic heterocycles. The molecule has 1 unspecified atom stereocenters. The van der Waals surface area contributed by atoms with Crippen LogP contribution in [-0.2, 0) is 19.1 Å². The lowest BCUT2D eigenvalue weighted by atomic mass is 9.98. The zero-order valence-corrected chi connectivity index (χ0v) is 19.9. The fraction of sp³-hybridized carbons (Fsp3) is 0.444. The fourth-order valence-corrected chi connectivity index (χ4v) is 4.94. The summed E-state index contributed by atoms with van der Waals surface area (Å²) < 4.78 is 11.2. The average molecular weight is 481 g/mol. The fourth-order valence-electron chi connectivity index (χ4n) is 4.94. The number of hydrogen-bond acceptors (Lipinski definition) is 5. The van der Waals surface area contributed by atoms with Crippen molar-refractivity contribution < 1.29 is 29.0 Å². The minimum atomic E-state index is -0.845. The predicted molar refractivity (Wildman–Crippen MR) is 130 cm³/mol. The van der Waals surface area contributed by atoms with Gasteiger partial charge in [-0.15, -0.1) is 0 Å². The molecule has 0 bridgehead atoms. The first-order valence-electron chi connectivity index (χ1n) is 12.1. The minimum Gasteiger partial charge on any atom is -0.481 e. The monoisotopic (exact) mass is 480 g/mol. The minimum absolute atomic E-state index is 0.00925. The number of alkyl carbamates (subject to hydrolysis) is 1. The maximum absolute atomic E-state index is 12.5. The highest BCUT2D eigenvalue weighted by Crippen LogP contribution is 2.44. The summed E-state index contributed by atoms with van der Waals surface area (Å²) in [4.78, 5) is 35.8. The molecule has 3 N–H and O–H groups in total. The molecule has 1 saturated heterocycles. The van der Waals surface area contributed by atoms with E-state index in [0.717, 1.165) is 11.1 Å². The van der Waals surface area contributed by atoms with Gasteiger partial charge in [0.05, 0.1) is 0 Å². The van der Waals surface area contributed by atoms with Crippen molar-refractivity contribution >= 4 is 18.0 Å². The highest BCUT2D eigenvalue weighted by molar-refractivity contribution is 5.81. The Morgan fingerprint density at radius 3 is 2.37 bits per heavy atom. The number of carbonyl (C=O) groups excluding carboxylic acids is 2. The Morgan fingerprint density at radius 2 is 1.71 bits per heavy atom. The first-order valence-corrected chi connectivity index (χ1v) is 12.1. The molecular weight excluding hydrogens is 448 g/mol. The van der Waals surface area contributed by atoms with E-state index in [1.807, 2.05) is 31.2 Å². The van der Waals surface area contributed by atoms with Crippen LogP contribution in [0.2, 0.25) is 0 Å². The quantitative estimate of drug-likeness (QED) is 0.479. The van der Waals surface area contributed by atoms with Gasteiger partial charge in [-0.1, -0.05) is 55.5 Å². The van der Waals surface area contributed by atoms with E-state index in [9.17, 15) is 14.4 Å². The number of carboxylic acids is 1. The van der Waals surface area contributed by atoms with Gasteiger partial charge < -0.3 is 25.2 Å². The van der Waals surface area contributed by atoms with Crippen LogP contribution in [0.25, 0.3) is 11.1 Å². The van der Waals surface area contributed by atoms with Gasteiger partial charge in [-0.3, -0.25) is 9.59 Å². The van der Waals surface area contributed by atoms with E-state index in [0.29, 0.717) is 26.0 Å². The van der Waals surface area contributed by atoms with Gasteiger partial charge in [-0.05, 0) is 41.0 Å². The molecule has 0 aromatic heterocycles. The molecule has 35 heavy (non-hydrogen) atoms. The van der Waals surface area contributed by atoms with E-state index in [1.54, 1.807) is 0 Å². The number of hydrogen-bond donors (Lipinski definition) is 3. The van der Waals surface area contributed by atoms with E-state index in [-0.39, 0.29) is 43.2 Å². The maximum atomic E-state index is 12.5. The van der Waals surface area contributed by atoms with Crippen molar-refractivity contribution in [2.45, 2.75) is 38.2 Å². The molecule has 0 saturated carbocycles. The second-order valence-corrected chi connectivity index (χ2v) is 9.33. The number of aliphatic carboxylic acids is 1. The highest BCUT2D eigenvalue weighted by atomic mass is 16.5. The number of amides is 2. The normalized spacial score (nSPS) is 19.5. The lowest BCUT2D eigenvalue weighted by molar-refractivity contribution is -0.138. The van der Waals surface area contributed by atoms with Crippen LogP contribution in [0.15, 0.2) is 48.5 Å². The zero-order chi connectivity index (χ0) is 24.8. The summed E-state index contributed by atoms with van der Waals surface area (Å²) in [6.07, 6.45) is 0.159. The molecule has 1 heterocycles. The van der Waals surface area contributed by atoms with Gasteiger partial charge in [0.15, 0.2) is 0 Å². The first-order chi connectivity index (χ1) is 16.9. The van der Waals surface area contributed by atoms with E-state index < -0.39 is 18.2 Å². The van der Waals surface area contributed by atoms with Gasteiger partial charge in [0.25, 0.3) is 0 Å². The number of nitrogens with one attached hydrogen (secondary N) is 2. The third-order valence-electron chi connectivity index (χ3n) is 6.78. The van der Waals surface area contributed by atoms with Crippen molar-refractivity contribution in [3.8, 4) is 11.1 Å². The Hall–Kier alpha value is -3.39. The van der Waals surface area contributed by atoms with Gasteiger partial charge in [-0.25, -0.2) is 4.79 Å². The molecule has 4 rings (SSSR count). The van der Waals surface area contributed by atoms with Crippen LogP contribution in [0.3, 0.4) is 0 Å². The molecule has 8 nitrogen and oxygen atoms in total. The lowest BCUT2D eigenvalue weighted by Gasteiger charge is -2.19. The Balaban J connectivity index is 1.24. The van der Waals surface area contributed by atoms with Crippen LogP contribution >= 0.6 is 0 Å². The van der Waals surface area contributed by atoms with Crippen molar-refractivity contribution in [1.29, 1.82) is 0 Å². The number of benzene rings is 2. The van der Waals surface area contributed by atoms with E-state index >= 15 is 0 Å². The largest absolute Gasteiger partial charge is 0.481 e. The van der Waals surface area contributed by atoms with E-state index in [1.165, 1.54) is 11.1 Å². The van der Waals surface area contributed by atoms with Crippen molar-refractivity contribution in [1.82, 2.24) is 10.6 Å².